The van der Waals surface area contributed by atoms with Crippen LogP contribution >= 0.6 is 0 Å². The molecule has 0 aromatic carbocycles. The zero-order chi connectivity index (χ0) is 8.66. The van der Waals surface area contributed by atoms with E-state index in [-0.39, 0.29) is 0 Å². The predicted molar refractivity (Wildman–Crippen MR) is 53.1 cm³/mol. The van der Waals surface area contributed by atoms with Gasteiger partial charge in [-0.1, -0.05) is 32.4 Å². The van der Waals surface area contributed by atoms with Crippen LogP contribution in [0.2, 0.25) is 0 Å². The van der Waals surface area contributed by atoms with Gasteiger partial charge in [-0.3, -0.25) is 0 Å². The molecular formula is C12H20. The van der Waals surface area contributed by atoms with Crippen LogP contribution < -0.4 is 0 Å². The number of rotatable bonds is 0. The molecule has 0 heteroatoms. The summed E-state index contributed by atoms with van der Waals surface area (Å²) in [6, 6.07) is 0. The predicted octanol–water partition coefficient (Wildman–Crippen LogP) is 3.92. The minimum atomic E-state index is 0.615. The van der Waals surface area contributed by atoms with Crippen LogP contribution in [0.3, 0.4) is 0 Å². The summed E-state index contributed by atoms with van der Waals surface area (Å²) < 4.78 is 0. The molecule has 0 unspecified atom stereocenters. The number of allylic oxidation sites excluding steroid dienone is 2. The van der Waals surface area contributed by atoms with Crippen molar-refractivity contribution in [2.24, 2.45) is 10.8 Å². The highest BCUT2D eigenvalue weighted by Gasteiger charge is 2.39. The van der Waals surface area contributed by atoms with Crippen LogP contribution in [0.1, 0.15) is 52.4 Å². The van der Waals surface area contributed by atoms with Gasteiger partial charge >= 0.3 is 0 Å². The molecule has 0 amide bonds. The summed E-state index contributed by atoms with van der Waals surface area (Å²) in [4.78, 5) is 0. The fraction of sp³-hybridized carbons (Fsp3) is 0.833. The average Bonchev–Trinajstić information content (AvgIpc) is 2.34. The van der Waals surface area contributed by atoms with Gasteiger partial charge in [-0.25, -0.2) is 0 Å². The molecular weight excluding hydrogens is 144 g/mol. The summed E-state index contributed by atoms with van der Waals surface area (Å²) >= 11 is 0. The molecule has 0 nitrogen and oxygen atoms in total. The first-order chi connectivity index (χ1) is 5.62. The summed E-state index contributed by atoms with van der Waals surface area (Å²) in [6.45, 7) is 4.87. The summed E-state index contributed by atoms with van der Waals surface area (Å²) in [7, 11) is 0. The van der Waals surface area contributed by atoms with Crippen LogP contribution in [0.25, 0.3) is 0 Å². The standard InChI is InChI=1S/C12H20/c1-11(2)6-5-9-12(10-11)7-3-4-8-12/h3-4H,5-10H2,1-2H3. The minimum absolute atomic E-state index is 0.615. The molecule has 0 atom stereocenters. The molecule has 1 saturated carbocycles. The van der Waals surface area contributed by atoms with Crippen molar-refractivity contribution >= 4 is 0 Å². The molecule has 0 N–H and O–H groups in total. The zero-order valence-corrected chi connectivity index (χ0v) is 8.40. The van der Waals surface area contributed by atoms with E-state index in [9.17, 15) is 0 Å². The zero-order valence-electron chi connectivity index (χ0n) is 8.40. The molecule has 2 aliphatic carbocycles. The minimum Gasteiger partial charge on any atom is -0.0880 e. The topological polar surface area (TPSA) is 0 Å². The lowest BCUT2D eigenvalue weighted by atomic mass is 9.62. The van der Waals surface area contributed by atoms with E-state index in [1.165, 1.54) is 38.5 Å². The Hall–Kier alpha value is -0.260. The van der Waals surface area contributed by atoms with E-state index >= 15 is 0 Å². The molecule has 2 rings (SSSR count). The third-order valence-corrected chi connectivity index (χ3v) is 3.68. The van der Waals surface area contributed by atoms with E-state index in [1.807, 2.05) is 0 Å². The van der Waals surface area contributed by atoms with Gasteiger partial charge in [0.2, 0.25) is 0 Å². The molecule has 0 aliphatic heterocycles. The third kappa shape index (κ3) is 1.44. The largest absolute Gasteiger partial charge is 0.0880 e. The smallest absolute Gasteiger partial charge is 0.0223 e. The van der Waals surface area contributed by atoms with E-state index in [0.29, 0.717) is 10.8 Å². The van der Waals surface area contributed by atoms with E-state index in [4.69, 9.17) is 0 Å². The van der Waals surface area contributed by atoms with E-state index in [2.05, 4.69) is 26.0 Å². The van der Waals surface area contributed by atoms with Gasteiger partial charge in [0, 0.05) is 0 Å². The Morgan fingerprint density at radius 2 is 1.67 bits per heavy atom. The Bertz CT molecular complexity index is 190. The normalized spacial score (nSPS) is 31.2. The lowest BCUT2D eigenvalue weighted by Crippen LogP contribution is -2.31. The lowest BCUT2D eigenvalue weighted by molar-refractivity contribution is 0.0942. The van der Waals surface area contributed by atoms with Gasteiger partial charge in [0.05, 0.1) is 0 Å². The van der Waals surface area contributed by atoms with Crippen LogP contribution in [-0.2, 0) is 0 Å². The molecule has 1 spiro atoms. The monoisotopic (exact) mass is 164 g/mol. The van der Waals surface area contributed by atoms with Crippen molar-refractivity contribution in [3.05, 3.63) is 12.2 Å². The second-order valence-electron chi connectivity index (χ2n) is 5.57. The Kier molecular flexibility index (Phi) is 1.82. The molecule has 68 valence electrons. The van der Waals surface area contributed by atoms with E-state index < -0.39 is 0 Å². The fourth-order valence-electron chi connectivity index (χ4n) is 3.23. The highest BCUT2D eigenvalue weighted by atomic mass is 14.4. The van der Waals surface area contributed by atoms with Crippen molar-refractivity contribution in [2.45, 2.75) is 52.4 Å². The van der Waals surface area contributed by atoms with Gasteiger partial charge in [-0.05, 0) is 42.9 Å². The molecule has 1 fully saturated rings. The maximum Gasteiger partial charge on any atom is -0.0223 e. The molecule has 0 bridgehead atoms. The quantitative estimate of drug-likeness (QED) is 0.476. The van der Waals surface area contributed by atoms with Crippen molar-refractivity contribution in [3.8, 4) is 0 Å². The van der Waals surface area contributed by atoms with Gasteiger partial charge < -0.3 is 0 Å². The number of hydrogen-bond acceptors (Lipinski definition) is 0. The van der Waals surface area contributed by atoms with Crippen molar-refractivity contribution in [1.29, 1.82) is 0 Å². The molecule has 12 heavy (non-hydrogen) atoms. The average molecular weight is 164 g/mol. The molecule has 0 aromatic heterocycles. The Morgan fingerprint density at radius 3 is 2.25 bits per heavy atom. The highest BCUT2D eigenvalue weighted by molar-refractivity contribution is 5.05. The second-order valence-corrected chi connectivity index (χ2v) is 5.57. The number of hydrogen-bond donors (Lipinski definition) is 0. The first-order valence-corrected chi connectivity index (χ1v) is 5.27. The second kappa shape index (κ2) is 2.61. The Morgan fingerprint density at radius 1 is 1.00 bits per heavy atom. The first-order valence-electron chi connectivity index (χ1n) is 5.27. The van der Waals surface area contributed by atoms with Crippen molar-refractivity contribution in [3.63, 3.8) is 0 Å². The highest BCUT2D eigenvalue weighted by Crippen LogP contribution is 2.52. The van der Waals surface area contributed by atoms with Crippen LogP contribution in [-0.4, -0.2) is 0 Å². The van der Waals surface area contributed by atoms with Crippen molar-refractivity contribution in [2.75, 3.05) is 0 Å². The summed E-state index contributed by atoms with van der Waals surface area (Å²) in [5.41, 5.74) is 1.31. The molecule has 0 radical (unpaired) electrons. The van der Waals surface area contributed by atoms with Crippen LogP contribution in [0.5, 0.6) is 0 Å². The Labute approximate surface area is 76.1 Å². The Balaban J connectivity index is 2.08. The van der Waals surface area contributed by atoms with Crippen molar-refractivity contribution in [1.82, 2.24) is 0 Å². The first kappa shape index (κ1) is 8.34. The maximum absolute atomic E-state index is 2.44. The summed E-state index contributed by atoms with van der Waals surface area (Å²) in [6.07, 6.45) is 13.3. The maximum atomic E-state index is 2.44. The van der Waals surface area contributed by atoms with Gasteiger partial charge in [0.25, 0.3) is 0 Å². The van der Waals surface area contributed by atoms with Gasteiger partial charge in [-0.2, -0.15) is 0 Å². The molecule has 2 aliphatic rings. The fourth-order valence-corrected chi connectivity index (χ4v) is 3.23. The van der Waals surface area contributed by atoms with E-state index in [1.54, 1.807) is 0 Å². The van der Waals surface area contributed by atoms with Crippen molar-refractivity contribution < 1.29 is 0 Å². The lowest BCUT2D eigenvalue weighted by Gasteiger charge is -2.42. The summed E-state index contributed by atoms with van der Waals surface area (Å²) in [5, 5.41) is 0. The van der Waals surface area contributed by atoms with Gasteiger partial charge in [-0.15, -0.1) is 0 Å². The SMILES string of the molecule is CC1(C)CCCC2(CC=CC2)C1. The van der Waals surface area contributed by atoms with Crippen LogP contribution in [0.15, 0.2) is 12.2 Å². The summed E-state index contributed by atoms with van der Waals surface area (Å²) in [5.74, 6) is 0. The van der Waals surface area contributed by atoms with E-state index in [0.717, 1.165) is 0 Å². The van der Waals surface area contributed by atoms with Gasteiger partial charge in [0.1, 0.15) is 0 Å². The molecule has 0 heterocycles. The van der Waals surface area contributed by atoms with Crippen LogP contribution in [0.4, 0.5) is 0 Å². The van der Waals surface area contributed by atoms with Gasteiger partial charge in [0.15, 0.2) is 0 Å². The third-order valence-electron chi connectivity index (χ3n) is 3.68. The molecule has 0 saturated heterocycles. The van der Waals surface area contributed by atoms with Crippen LogP contribution in [0, 0.1) is 10.8 Å². The molecule has 0 aromatic rings.